The van der Waals surface area contributed by atoms with Crippen molar-refractivity contribution in [1.29, 1.82) is 0 Å². The summed E-state index contributed by atoms with van der Waals surface area (Å²) >= 11 is 0. The van der Waals surface area contributed by atoms with E-state index in [1.165, 1.54) is 21.9 Å². The minimum Gasteiger partial charge on any atom is -0.438 e. The van der Waals surface area contributed by atoms with Crippen LogP contribution in [0.5, 0.6) is 11.6 Å². The monoisotopic (exact) mass is 461 g/mol. The summed E-state index contributed by atoms with van der Waals surface area (Å²) in [4.78, 5) is 9.80. The van der Waals surface area contributed by atoms with Gasteiger partial charge in [0.25, 0.3) is 0 Å². The zero-order valence-electron chi connectivity index (χ0n) is 19.2. The molecular weight excluding hydrogens is 442 g/mol. The van der Waals surface area contributed by atoms with Crippen molar-refractivity contribution in [3.05, 3.63) is 115 Å². The average molecular weight is 462 g/mol. The molecule has 3 heterocycles. The van der Waals surface area contributed by atoms with Crippen LogP contribution in [0.1, 0.15) is 0 Å². The van der Waals surface area contributed by atoms with Gasteiger partial charge in [0.1, 0.15) is 5.75 Å². The highest BCUT2D eigenvalue weighted by molar-refractivity contribution is 6.10. The van der Waals surface area contributed by atoms with Gasteiger partial charge in [-0.05, 0) is 40.8 Å². The molecule has 0 bridgehead atoms. The molecule has 0 N–H and O–H groups in total. The predicted octanol–water partition coefficient (Wildman–Crippen LogP) is 8.17. The molecule has 0 amide bonds. The highest BCUT2D eigenvalue weighted by Crippen LogP contribution is 2.45. The number of aromatic nitrogens is 3. The third kappa shape index (κ3) is 2.70. The maximum absolute atomic E-state index is 6.32. The summed E-state index contributed by atoms with van der Waals surface area (Å²) in [7, 11) is 0. The zero-order valence-corrected chi connectivity index (χ0v) is 19.2. The van der Waals surface area contributed by atoms with E-state index in [1.54, 1.807) is 0 Å². The summed E-state index contributed by atoms with van der Waals surface area (Å²) in [5.74, 6) is 2.01. The van der Waals surface area contributed by atoms with Crippen molar-refractivity contribution in [3.63, 3.8) is 0 Å². The van der Waals surface area contributed by atoms with Crippen LogP contribution in [0.2, 0.25) is 0 Å². The molecule has 1 aliphatic heterocycles. The van der Waals surface area contributed by atoms with Gasteiger partial charge in [0.05, 0.1) is 16.6 Å². The lowest BCUT2D eigenvalue weighted by Crippen LogP contribution is -2.06. The largest absolute Gasteiger partial charge is 0.438 e. The molecule has 4 heteroatoms. The van der Waals surface area contributed by atoms with Gasteiger partial charge in [-0.2, -0.15) is 4.98 Å². The lowest BCUT2D eigenvalue weighted by Gasteiger charge is -2.20. The van der Waals surface area contributed by atoms with Crippen molar-refractivity contribution in [2.75, 3.05) is 0 Å². The Morgan fingerprint density at radius 1 is 0.611 bits per heavy atom. The van der Waals surface area contributed by atoms with E-state index in [2.05, 4.69) is 95.6 Å². The Morgan fingerprint density at radius 3 is 2.33 bits per heavy atom. The third-order valence-corrected chi connectivity index (χ3v) is 7.08. The molecule has 2 aromatic heterocycles. The van der Waals surface area contributed by atoms with Gasteiger partial charge >= 0.3 is 0 Å². The van der Waals surface area contributed by atoms with E-state index in [4.69, 9.17) is 14.7 Å². The fraction of sp³-hybridized carbons (Fsp3) is 0. The van der Waals surface area contributed by atoms with Crippen molar-refractivity contribution < 1.29 is 4.74 Å². The Hall–Kier alpha value is -4.96. The van der Waals surface area contributed by atoms with Gasteiger partial charge in [-0.1, -0.05) is 84.9 Å². The molecule has 7 aromatic rings. The van der Waals surface area contributed by atoms with Gasteiger partial charge < -0.3 is 4.74 Å². The number of nitrogens with zero attached hydrogens (tertiary/aromatic N) is 3. The van der Waals surface area contributed by atoms with Crippen molar-refractivity contribution in [1.82, 2.24) is 14.5 Å². The second-order valence-corrected chi connectivity index (χ2v) is 9.10. The number of hydrogen-bond donors (Lipinski definition) is 0. The van der Waals surface area contributed by atoms with E-state index in [0.717, 1.165) is 38.7 Å². The molecule has 168 valence electrons. The van der Waals surface area contributed by atoms with Gasteiger partial charge in [-0.3, -0.25) is 4.57 Å². The van der Waals surface area contributed by atoms with E-state index in [9.17, 15) is 0 Å². The molecule has 4 nitrogen and oxygen atoms in total. The Bertz CT molecular complexity index is 1970. The van der Waals surface area contributed by atoms with Gasteiger partial charge in [0, 0.05) is 27.9 Å². The first-order valence-electron chi connectivity index (χ1n) is 12.0. The second kappa shape index (κ2) is 7.27. The second-order valence-electron chi connectivity index (χ2n) is 9.10. The van der Waals surface area contributed by atoms with E-state index in [0.29, 0.717) is 11.8 Å². The van der Waals surface area contributed by atoms with Gasteiger partial charge in [-0.15, -0.1) is 0 Å². The van der Waals surface area contributed by atoms with E-state index >= 15 is 0 Å². The van der Waals surface area contributed by atoms with Crippen LogP contribution < -0.4 is 4.74 Å². The van der Waals surface area contributed by atoms with Crippen LogP contribution in [0.3, 0.4) is 0 Å². The average Bonchev–Trinajstić information content (AvgIpc) is 3.27. The normalized spacial score (nSPS) is 12.1. The summed E-state index contributed by atoms with van der Waals surface area (Å²) in [6, 6.07) is 37.9. The minimum atomic E-state index is 0.582. The Labute approximate surface area is 207 Å². The summed E-state index contributed by atoms with van der Waals surface area (Å²) in [6.45, 7) is 0. The van der Waals surface area contributed by atoms with Crippen molar-refractivity contribution >= 4 is 32.6 Å². The summed E-state index contributed by atoms with van der Waals surface area (Å²) in [6.07, 6.45) is 1.89. The Kier molecular flexibility index (Phi) is 3.91. The van der Waals surface area contributed by atoms with Gasteiger partial charge in [-0.25, -0.2) is 4.98 Å². The first-order chi connectivity index (χ1) is 17.8. The number of para-hydroxylation sites is 1. The standard InChI is InChI=1S/C32H19N3O/c1-2-8-20(9-3-1)22-16-17-28-25(18-22)23-12-4-5-14-27(23)35(28)32-33-19-26-24-13-6-10-21-11-7-15-29(30(21)24)36-31(26)34-32/h1-19H. The lowest BCUT2D eigenvalue weighted by molar-refractivity contribution is 0.465. The number of ether oxygens (including phenoxy) is 1. The van der Waals surface area contributed by atoms with Crippen LogP contribution in [0.15, 0.2) is 115 Å². The number of rotatable bonds is 2. The van der Waals surface area contributed by atoms with Gasteiger partial charge in [0.15, 0.2) is 0 Å². The molecule has 0 fully saturated rings. The summed E-state index contributed by atoms with van der Waals surface area (Å²) < 4.78 is 8.45. The molecule has 0 radical (unpaired) electrons. The Balaban J connectivity index is 1.36. The van der Waals surface area contributed by atoms with Crippen LogP contribution in [-0.2, 0) is 0 Å². The van der Waals surface area contributed by atoms with E-state index in [-0.39, 0.29) is 0 Å². The molecule has 1 aliphatic rings. The molecule has 8 rings (SSSR count). The smallest absolute Gasteiger partial charge is 0.237 e. The molecule has 0 atom stereocenters. The molecule has 36 heavy (non-hydrogen) atoms. The van der Waals surface area contributed by atoms with Crippen LogP contribution in [0.4, 0.5) is 0 Å². The number of benzene rings is 5. The summed E-state index contributed by atoms with van der Waals surface area (Å²) in [5.41, 5.74) is 6.53. The summed E-state index contributed by atoms with van der Waals surface area (Å²) in [5, 5.41) is 4.59. The molecule has 0 unspecified atom stereocenters. The van der Waals surface area contributed by atoms with Crippen molar-refractivity contribution in [2.24, 2.45) is 0 Å². The van der Waals surface area contributed by atoms with Crippen LogP contribution in [0, 0.1) is 0 Å². The molecule has 0 aliphatic carbocycles. The molecule has 0 spiro atoms. The first-order valence-corrected chi connectivity index (χ1v) is 12.0. The topological polar surface area (TPSA) is 39.9 Å². The van der Waals surface area contributed by atoms with Gasteiger partial charge in [0.2, 0.25) is 11.8 Å². The minimum absolute atomic E-state index is 0.582. The quantitative estimate of drug-likeness (QED) is 0.261. The highest BCUT2D eigenvalue weighted by atomic mass is 16.5. The van der Waals surface area contributed by atoms with Crippen molar-refractivity contribution in [3.8, 4) is 39.8 Å². The Morgan fingerprint density at radius 2 is 1.42 bits per heavy atom. The maximum Gasteiger partial charge on any atom is 0.237 e. The fourth-order valence-corrected chi connectivity index (χ4v) is 5.45. The van der Waals surface area contributed by atoms with E-state index in [1.807, 2.05) is 24.4 Å². The molecule has 0 saturated carbocycles. The first kappa shape index (κ1) is 19.4. The molecule has 0 saturated heterocycles. The SMILES string of the molecule is c1ccc(-c2ccc3c(c2)c2ccccc2n3-c2ncc3c(n2)Oc2cccc4cccc-3c24)cc1. The lowest BCUT2D eigenvalue weighted by atomic mass is 9.97. The van der Waals surface area contributed by atoms with Crippen LogP contribution >= 0.6 is 0 Å². The van der Waals surface area contributed by atoms with Crippen LogP contribution in [-0.4, -0.2) is 14.5 Å². The highest BCUT2D eigenvalue weighted by Gasteiger charge is 2.23. The number of hydrogen-bond acceptors (Lipinski definition) is 3. The third-order valence-electron chi connectivity index (χ3n) is 7.08. The maximum atomic E-state index is 6.32. The van der Waals surface area contributed by atoms with Crippen molar-refractivity contribution in [2.45, 2.75) is 0 Å². The fourth-order valence-electron chi connectivity index (χ4n) is 5.45. The van der Waals surface area contributed by atoms with Crippen LogP contribution in [0.25, 0.3) is 60.8 Å². The molecular formula is C32H19N3O. The van der Waals surface area contributed by atoms with E-state index < -0.39 is 0 Å². The predicted molar refractivity (Wildman–Crippen MR) is 145 cm³/mol. The molecule has 5 aromatic carbocycles. The zero-order chi connectivity index (χ0) is 23.6. The number of fused-ring (bicyclic) bond motifs is 5.